The van der Waals surface area contributed by atoms with Crippen molar-refractivity contribution in [2.24, 2.45) is 11.8 Å². The van der Waals surface area contributed by atoms with Gasteiger partial charge in [-0.3, -0.25) is 19.2 Å². The molecule has 0 aliphatic carbocycles. The lowest BCUT2D eigenvalue weighted by Crippen LogP contribution is -2.60. The number of ether oxygens (including phenoxy) is 2. The molecule has 11 heteroatoms. The number of rotatable bonds is 16. The second-order valence-corrected chi connectivity index (χ2v) is 14.5. The van der Waals surface area contributed by atoms with Crippen LogP contribution in [0, 0.1) is 11.8 Å². The summed E-state index contributed by atoms with van der Waals surface area (Å²) in [5, 5.41) is 12.2. The molecule has 3 aliphatic rings. The number of hydrogen-bond donors (Lipinski definition) is 2. The van der Waals surface area contributed by atoms with Crippen molar-refractivity contribution in [3.8, 4) is 0 Å². The van der Waals surface area contributed by atoms with Crippen LogP contribution in [0.4, 0.5) is 0 Å². The fraction of sp³-hybridized carbons (Fsp3) is 0.600. The minimum atomic E-state index is -1.22. The van der Waals surface area contributed by atoms with Crippen molar-refractivity contribution in [3.63, 3.8) is 0 Å². The first-order chi connectivity index (χ1) is 21.9. The molecule has 3 aliphatic heterocycles. The highest BCUT2D eigenvalue weighted by Crippen LogP contribution is 2.60. The molecular formula is C35H48BrN3O7. The van der Waals surface area contributed by atoms with E-state index >= 15 is 0 Å². The lowest BCUT2D eigenvalue weighted by Gasteiger charge is -2.42. The maximum Gasteiger partial charge on any atom is 0.313 e. The van der Waals surface area contributed by atoms with Gasteiger partial charge in [-0.2, -0.15) is 0 Å². The second-order valence-electron chi connectivity index (χ2n) is 13.4. The number of esters is 1. The monoisotopic (exact) mass is 701 g/mol. The first-order valence-electron chi connectivity index (χ1n) is 16.2. The van der Waals surface area contributed by atoms with Crippen LogP contribution in [0.25, 0.3) is 0 Å². The van der Waals surface area contributed by atoms with Crippen molar-refractivity contribution >= 4 is 39.6 Å². The minimum Gasteiger partial charge on any atom is -0.455 e. The highest BCUT2D eigenvalue weighted by Gasteiger charge is 2.77. The van der Waals surface area contributed by atoms with E-state index in [4.69, 9.17) is 9.47 Å². The van der Waals surface area contributed by atoms with Crippen molar-refractivity contribution in [3.05, 3.63) is 61.2 Å². The van der Waals surface area contributed by atoms with Crippen molar-refractivity contribution in [2.45, 2.75) is 93.5 Å². The SMILES string of the molecule is C=CCCC(=O)NC[C@@H](OC(=O)[C@@H]1[C@H]2O[C@@]3(CC2Br)[C@H](C(=O)N(CC=C)C(C)(C)C)N(CCCCCO)C(=O)[C@@H]13)c1ccccc1. The largest absolute Gasteiger partial charge is 0.455 e. The summed E-state index contributed by atoms with van der Waals surface area (Å²) >= 11 is 3.72. The van der Waals surface area contributed by atoms with Crippen LogP contribution in [0.15, 0.2) is 55.6 Å². The summed E-state index contributed by atoms with van der Waals surface area (Å²) in [6.45, 7) is 14.0. The predicted octanol–water partition coefficient (Wildman–Crippen LogP) is 4.08. The number of unbranched alkanes of at least 4 members (excludes halogenated alkanes) is 2. The smallest absolute Gasteiger partial charge is 0.313 e. The number of allylic oxidation sites excluding steroid dienone is 1. The number of nitrogens with zero attached hydrogens (tertiary/aromatic N) is 2. The lowest BCUT2D eigenvalue weighted by molar-refractivity contribution is -0.160. The topological polar surface area (TPSA) is 125 Å². The first-order valence-corrected chi connectivity index (χ1v) is 17.1. The number of benzene rings is 1. The van der Waals surface area contributed by atoms with Crippen molar-refractivity contribution < 1.29 is 33.8 Å². The summed E-state index contributed by atoms with van der Waals surface area (Å²) in [5.41, 5.74) is -1.08. The molecule has 3 fully saturated rings. The Morgan fingerprint density at radius 1 is 1.20 bits per heavy atom. The molecule has 46 heavy (non-hydrogen) atoms. The van der Waals surface area contributed by atoms with Crippen LogP contribution in [0.1, 0.15) is 71.0 Å². The molecule has 2 bridgehead atoms. The molecule has 1 spiro atoms. The Balaban J connectivity index is 1.67. The van der Waals surface area contributed by atoms with Crippen LogP contribution in [0.5, 0.6) is 0 Å². The Hall–Kier alpha value is -3.02. The third-order valence-corrected chi connectivity index (χ3v) is 10.1. The Labute approximate surface area is 280 Å². The molecule has 0 radical (unpaired) electrons. The molecule has 1 aromatic carbocycles. The predicted molar refractivity (Wildman–Crippen MR) is 178 cm³/mol. The molecule has 1 unspecified atom stereocenters. The number of likely N-dealkylation sites (tertiary alicyclic amines) is 1. The fourth-order valence-electron chi connectivity index (χ4n) is 7.10. The number of carbonyl (C=O) groups excluding carboxylic acids is 4. The number of halogens is 1. The standard InChI is InChI=1S/C35H48BrN3O7/c1-6-8-17-26(41)37-22-25(23-15-11-9-12-16-23)45-33(44)27-28-31(42)38(19-13-10-14-20-40)30(35(28)21-24(36)29(27)46-35)32(43)39(18-7-2)34(3,4)5/h6-7,9,11-12,15-16,24-25,27-30,40H,1-2,8,10,13-14,17-22H2,3-5H3,(H,37,41)/t24?,25-,27+,28-,29+,30+,35-/m1/s1. The average molecular weight is 703 g/mol. The summed E-state index contributed by atoms with van der Waals surface area (Å²) in [5.74, 6) is -3.19. The maximum atomic E-state index is 14.5. The van der Waals surface area contributed by atoms with E-state index in [0.717, 1.165) is 0 Å². The zero-order valence-electron chi connectivity index (χ0n) is 27.2. The summed E-state index contributed by atoms with van der Waals surface area (Å²) in [6, 6.07) is 8.22. The Kier molecular flexibility index (Phi) is 11.9. The van der Waals surface area contributed by atoms with Crippen LogP contribution < -0.4 is 5.32 Å². The molecular weight excluding hydrogens is 654 g/mol. The molecule has 4 rings (SSSR count). The van der Waals surface area contributed by atoms with Gasteiger partial charge in [-0.15, -0.1) is 13.2 Å². The minimum absolute atomic E-state index is 0.0429. The van der Waals surface area contributed by atoms with E-state index in [9.17, 15) is 24.3 Å². The first kappa shape index (κ1) is 35.8. The zero-order valence-corrected chi connectivity index (χ0v) is 28.7. The van der Waals surface area contributed by atoms with Gasteiger partial charge in [0.25, 0.3) is 0 Å². The summed E-state index contributed by atoms with van der Waals surface area (Å²) in [4.78, 5) is 58.5. The van der Waals surface area contributed by atoms with Gasteiger partial charge in [0.1, 0.15) is 17.7 Å². The van der Waals surface area contributed by atoms with Gasteiger partial charge in [0.2, 0.25) is 17.7 Å². The highest BCUT2D eigenvalue weighted by molar-refractivity contribution is 9.09. The van der Waals surface area contributed by atoms with Crippen LogP contribution in [0.3, 0.4) is 0 Å². The van der Waals surface area contributed by atoms with E-state index in [1.807, 2.05) is 51.1 Å². The summed E-state index contributed by atoms with van der Waals surface area (Å²) in [6.07, 6.45) is 4.90. The summed E-state index contributed by atoms with van der Waals surface area (Å²) < 4.78 is 12.8. The quantitative estimate of drug-likeness (QED) is 0.115. The molecule has 7 atom stereocenters. The van der Waals surface area contributed by atoms with E-state index in [1.54, 1.807) is 22.0 Å². The number of amides is 3. The molecule has 10 nitrogen and oxygen atoms in total. The Bertz CT molecular complexity index is 1280. The number of hydrogen-bond acceptors (Lipinski definition) is 7. The van der Waals surface area contributed by atoms with Crippen molar-refractivity contribution in [2.75, 3.05) is 26.2 Å². The van der Waals surface area contributed by atoms with Crippen molar-refractivity contribution in [1.82, 2.24) is 15.1 Å². The molecule has 3 saturated heterocycles. The van der Waals surface area contributed by atoms with E-state index < -0.39 is 47.2 Å². The second kappa shape index (κ2) is 15.3. The van der Waals surface area contributed by atoms with E-state index in [-0.39, 0.29) is 48.7 Å². The van der Waals surface area contributed by atoms with Crippen molar-refractivity contribution in [1.29, 1.82) is 0 Å². The van der Waals surface area contributed by atoms with Gasteiger partial charge >= 0.3 is 5.97 Å². The highest BCUT2D eigenvalue weighted by atomic mass is 79.9. The fourth-order valence-corrected chi connectivity index (χ4v) is 8.05. The molecule has 0 aromatic heterocycles. The molecule has 3 heterocycles. The normalized spacial score (nSPS) is 27.2. The molecule has 252 valence electrons. The van der Waals surface area contributed by atoms with E-state index in [2.05, 4.69) is 34.4 Å². The van der Waals surface area contributed by atoms with Gasteiger partial charge in [0.05, 0.1) is 24.5 Å². The number of aliphatic hydroxyl groups excluding tert-OH is 1. The molecule has 1 aromatic rings. The van der Waals surface area contributed by atoms with Gasteiger partial charge in [-0.25, -0.2) is 0 Å². The molecule has 3 amide bonds. The maximum absolute atomic E-state index is 14.5. The van der Waals surface area contributed by atoms with Gasteiger partial charge in [-0.05, 0) is 58.4 Å². The zero-order chi connectivity index (χ0) is 33.6. The van der Waals surface area contributed by atoms with Gasteiger partial charge < -0.3 is 29.7 Å². The average Bonchev–Trinajstić information content (AvgIpc) is 3.61. The number of alkyl halides is 1. The Morgan fingerprint density at radius 3 is 2.54 bits per heavy atom. The van der Waals surface area contributed by atoms with Crippen LogP contribution in [-0.2, 0) is 28.7 Å². The number of aliphatic hydroxyl groups is 1. The van der Waals surface area contributed by atoms with Crippen LogP contribution in [-0.4, -0.2) is 93.0 Å². The lowest BCUT2D eigenvalue weighted by atomic mass is 9.70. The third kappa shape index (κ3) is 7.26. The van der Waals surface area contributed by atoms with Crippen LogP contribution >= 0.6 is 15.9 Å². The van der Waals surface area contributed by atoms with E-state index in [1.165, 1.54) is 0 Å². The van der Waals surface area contributed by atoms with Crippen LogP contribution in [0.2, 0.25) is 0 Å². The third-order valence-electron chi connectivity index (χ3n) is 9.23. The number of nitrogens with one attached hydrogen (secondary N) is 1. The number of carbonyl (C=O) groups is 4. The van der Waals surface area contributed by atoms with Gasteiger partial charge in [0, 0.05) is 36.5 Å². The molecule has 2 N–H and O–H groups in total. The van der Waals surface area contributed by atoms with E-state index in [0.29, 0.717) is 44.2 Å². The summed E-state index contributed by atoms with van der Waals surface area (Å²) in [7, 11) is 0. The molecule has 0 saturated carbocycles. The van der Waals surface area contributed by atoms with Gasteiger partial charge in [-0.1, -0.05) is 58.4 Å². The van der Waals surface area contributed by atoms with Gasteiger partial charge in [0.15, 0.2) is 0 Å². The Morgan fingerprint density at radius 2 is 1.91 bits per heavy atom. The number of fused-ring (bicyclic) bond motifs is 1.